The summed E-state index contributed by atoms with van der Waals surface area (Å²) in [6.45, 7) is 7.36. The van der Waals surface area contributed by atoms with Gasteiger partial charge in [-0.15, -0.1) is 22.6 Å². The summed E-state index contributed by atoms with van der Waals surface area (Å²) in [4.78, 5) is 15.6. The quantitative estimate of drug-likeness (QED) is 0.719. The lowest BCUT2D eigenvalue weighted by atomic mass is 10.3. The number of anilines is 2. The van der Waals surface area contributed by atoms with Gasteiger partial charge in [0.05, 0.1) is 13.7 Å². The van der Waals surface area contributed by atoms with E-state index in [1.54, 1.807) is 12.1 Å². The molecule has 0 aliphatic heterocycles. The molecule has 0 aliphatic rings. The van der Waals surface area contributed by atoms with Gasteiger partial charge in [0.2, 0.25) is 5.69 Å². The number of hydrogen-bond acceptors (Lipinski definition) is 6. The number of halogens is 2. The van der Waals surface area contributed by atoms with Gasteiger partial charge >= 0.3 is 5.97 Å². The molecule has 0 bridgehead atoms. The Morgan fingerprint density at radius 2 is 1.88 bits per heavy atom. The van der Waals surface area contributed by atoms with E-state index in [2.05, 4.69) is 34.3 Å². The molecule has 0 saturated carbocycles. The zero-order valence-corrected chi connectivity index (χ0v) is 15.3. The van der Waals surface area contributed by atoms with Gasteiger partial charge in [0.15, 0.2) is 5.82 Å². The first-order valence-corrected chi connectivity index (χ1v) is 7.85. The highest BCUT2D eigenvalue weighted by molar-refractivity contribution is 5.93. The summed E-state index contributed by atoms with van der Waals surface area (Å²) in [6, 6.07) is 5.77. The van der Waals surface area contributed by atoms with E-state index < -0.39 is 5.97 Å². The van der Waals surface area contributed by atoms with Crippen LogP contribution in [0.25, 0.3) is 0 Å². The minimum Gasteiger partial charge on any atom is -0.464 e. The fourth-order valence-electron chi connectivity index (χ4n) is 2.21. The van der Waals surface area contributed by atoms with Gasteiger partial charge < -0.3 is 15.0 Å². The van der Waals surface area contributed by atoms with E-state index in [9.17, 15) is 9.18 Å². The third-order valence-electron chi connectivity index (χ3n) is 3.65. The van der Waals surface area contributed by atoms with Crippen LogP contribution < -0.4 is 5.32 Å². The minimum atomic E-state index is -0.575. The zero-order chi connectivity index (χ0) is 17.5. The Morgan fingerprint density at radius 3 is 2.44 bits per heavy atom. The molecule has 1 aromatic carbocycles. The van der Waals surface area contributed by atoms with Crippen molar-refractivity contribution in [2.75, 3.05) is 32.1 Å². The van der Waals surface area contributed by atoms with Crippen molar-refractivity contribution >= 4 is 29.9 Å². The molecule has 25 heavy (non-hydrogen) atoms. The second kappa shape index (κ2) is 9.95. The second-order valence-electron chi connectivity index (χ2n) is 5.14. The van der Waals surface area contributed by atoms with Gasteiger partial charge in [-0.25, -0.2) is 9.18 Å². The van der Waals surface area contributed by atoms with E-state index in [1.807, 2.05) is 0 Å². The van der Waals surface area contributed by atoms with Gasteiger partial charge in [0.25, 0.3) is 0 Å². The maximum atomic E-state index is 13.0. The first kappa shape index (κ1) is 20.9. The van der Waals surface area contributed by atoms with Gasteiger partial charge in [-0.05, 0) is 37.4 Å². The molecule has 2 rings (SSSR count). The molecule has 138 valence electrons. The van der Waals surface area contributed by atoms with Crippen molar-refractivity contribution in [3.63, 3.8) is 0 Å². The Labute approximate surface area is 152 Å². The Bertz CT molecular complexity index is 674. The fourth-order valence-corrected chi connectivity index (χ4v) is 2.21. The summed E-state index contributed by atoms with van der Waals surface area (Å²) in [5.41, 5.74) is 0.707. The SMILES string of the molecule is CCN(CC)CCn1nc(Nc2ccc(F)cc2)c(C(=O)OC)n1.Cl. The van der Waals surface area contributed by atoms with Gasteiger partial charge in [-0.2, -0.15) is 4.80 Å². The maximum absolute atomic E-state index is 13.0. The van der Waals surface area contributed by atoms with Crippen LogP contribution >= 0.6 is 12.4 Å². The number of likely N-dealkylation sites (N-methyl/N-ethyl adjacent to an activating group) is 1. The standard InChI is InChI=1S/C16H22FN5O2.ClH/c1-4-21(5-2)10-11-22-19-14(16(23)24-3)15(20-22)18-13-8-6-12(17)7-9-13;/h6-9H,4-5,10-11H2,1-3H3,(H,18,20);1H. The van der Waals surface area contributed by atoms with E-state index in [-0.39, 0.29) is 29.7 Å². The average Bonchev–Trinajstić information content (AvgIpc) is 3.00. The summed E-state index contributed by atoms with van der Waals surface area (Å²) in [5.74, 6) is -0.627. The Kier molecular flexibility index (Phi) is 8.30. The second-order valence-corrected chi connectivity index (χ2v) is 5.14. The highest BCUT2D eigenvalue weighted by Crippen LogP contribution is 2.18. The number of rotatable bonds is 8. The van der Waals surface area contributed by atoms with Crippen LogP contribution in [0, 0.1) is 5.82 Å². The molecule has 0 spiro atoms. The van der Waals surface area contributed by atoms with Crippen molar-refractivity contribution in [3.05, 3.63) is 35.8 Å². The molecule has 1 aromatic heterocycles. The summed E-state index contributed by atoms with van der Waals surface area (Å²) >= 11 is 0. The molecule has 7 nitrogen and oxygen atoms in total. The lowest BCUT2D eigenvalue weighted by Crippen LogP contribution is -2.27. The number of esters is 1. The largest absolute Gasteiger partial charge is 0.464 e. The van der Waals surface area contributed by atoms with Crippen LogP contribution in [-0.2, 0) is 11.3 Å². The van der Waals surface area contributed by atoms with Crippen molar-refractivity contribution in [3.8, 4) is 0 Å². The third-order valence-corrected chi connectivity index (χ3v) is 3.65. The molecular formula is C16H23ClFN5O2. The first-order chi connectivity index (χ1) is 11.6. The molecule has 0 unspecified atom stereocenters. The third kappa shape index (κ3) is 5.68. The normalized spacial score (nSPS) is 10.4. The predicted molar refractivity (Wildman–Crippen MR) is 96.1 cm³/mol. The summed E-state index contributed by atoms with van der Waals surface area (Å²) in [7, 11) is 1.29. The number of ether oxygens (including phenoxy) is 1. The minimum absolute atomic E-state index is 0. The van der Waals surface area contributed by atoms with Gasteiger partial charge in [0, 0.05) is 12.2 Å². The van der Waals surface area contributed by atoms with E-state index >= 15 is 0 Å². The highest BCUT2D eigenvalue weighted by Gasteiger charge is 2.19. The maximum Gasteiger partial charge on any atom is 0.362 e. The molecule has 0 amide bonds. The van der Waals surface area contributed by atoms with Crippen LogP contribution in [0.3, 0.4) is 0 Å². The van der Waals surface area contributed by atoms with Crippen LogP contribution in [0.4, 0.5) is 15.9 Å². The van der Waals surface area contributed by atoms with Crippen molar-refractivity contribution in [2.45, 2.75) is 20.4 Å². The van der Waals surface area contributed by atoms with Gasteiger partial charge in [-0.1, -0.05) is 13.8 Å². The zero-order valence-electron chi connectivity index (χ0n) is 14.5. The molecule has 0 aliphatic carbocycles. The monoisotopic (exact) mass is 371 g/mol. The fraction of sp³-hybridized carbons (Fsp3) is 0.438. The molecule has 0 saturated heterocycles. The summed E-state index contributed by atoms with van der Waals surface area (Å²) in [5, 5.41) is 11.5. The van der Waals surface area contributed by atoms with Crippen LogP contribution in [0.2, 0.25) is 0 Å². The number of methoxy groups -OCH3 is 1. The van der Waals surface area contributed by atoms with Crippen molar-refractivity contribution in [1.29, 1.82) is 0 Å². The number of aromatic nitrogens is 3. The number of nitrogens with zero attached hydrogens (tertiary/aromatic N) is 4. The molecule has 0 atom stereocenters. The van der Waals surface area contributed by atoms with Gasteiger partial charge in [-0.3, -0.25) is 0 Å². The average molecular weight is 372 g/mol. The molecule has 0 radical (unpaired) electrons. The van der Waals surface area contributed by atoms with Crippen LogP contribution in [0.15, 0.2) is 24.3 Å². The van der Waals surface area contributed by atoms with Crippen molar-refractivity contribution in [1.82, 2.24) is 19.9 Å². The summed E-state index contributed by atoms with van der Waals surface area (Å²) < 4.78 is 17.7. The van der Waals surface area contributed by atoms with E-state index in [4.69, 9.17) is 4.74 Å². The smallest absolute Gasteiger partial charge is 0.362 e. The van der Waals surface area contributed by atoms with E-state index in [1.165, 1.54) is 24.0 Å². The Morgan fingerprint density at radius 1 is 1.24 bits per heavy atom. The highest BCUT2D eigenvalue weighted by atomic mass is 35.5. The Hall–Kier alpha value is -2.19. The molecule has 1 heterocycles. The molecule has 0 fully saturated rings. The number of carbonyl (C=O) groups excluding carboxylic acids is 1. The summed E-state index contributed by atoms with van der Waals surface area (Å²) in [6.07, 6.45) is 0. The number of carbonyl (C=O) groups is 1. The molecule has 9 heteroatoms. The topological polar surface area (TPSA) is 72.3 Å². The molecule has 1 N–H and O–H groups in total. The first-order valence-electron chi connectivity index (χ1n) is 7.85. The lowest BCUT2D eigenvalue weighted by molar-refractivity contribution is 0.0594. The van der Waals surface area contributed by atoms with Crippen molar-refractivity contribution < 1.29 is 13.9 Å². The lowest BCUT2D eigenvalue weighted by Gasteiger charge is -2.16. The van der Waals surface area contributed by atoms with Crippen LogP contribution in [-0.4, -0.2) is 52.6 Å². The van der Waals surface area contributed by atoms with Crippen molar-refractivity contribution in [2.24, 2.45) is 0 Å². The Balaban J connectivity index is 0.00000312. The molecule has 2 aromatic rings. The number of hydrogen-bond donors (Lipinski definition) is 1. The van der Waals surface area contributed by atoms with E-state index in [0.717, 1.165) is 19.6 Å². The predicted octanol–water partition coefficient (Wildman–Crippen LogP) is 2.71. The van der Waals surface area contributed by atoms with Crippen LogP contribution in [0.1, 0.15) is 24.3 Å². The molecular weight excluding hydrogens is 349 g/mol. The van der Waals surface area contributed by atoms with Gasteiger partial charge in [0.1, 0.15) is 5.82 Å². The van der Waals surface area contributed by atoms with E-state index in [0.29, 0.717) is 12.2 Å². The van der Waals surface area contributed by atoms with Crippen LogP contribution in [0.5, 0.6) is 0 Å². The number of benzene rings is 1. The number of nitrogens with one attached hydrogen (secondary N) is 1.